The summed E-state index contributed by atoms with van der Waals surface area (Å²) in [6.45, 7) is 2.14. The van der Waals surface area contributed by atoms with Gasteiger partial charge in [0.25, 0.3) is 0 Å². The first kappa shape index (κ1) is 12.5. The van der Waals surface area contributed by atoms with Crippen molar-refractivity contribution < 1.29 is 0 Å². The van der Waals surface area contributed by atoms with Gasteiger partial charge in [-0.25, -0.2) is 0 Å². The Labute approximate surface area is 118 Å². The van der Waals surface area contributed by atoms with Gasteiger partial charge in [-0.3, -0.25) is 0 Å². The average molecular weight is 260 g/mol. The third-order valence-electron chi connectivity index (χ3n) is 3.36. The molecule has 2 nitrogen and oxygen atoms in total. The highest BCUT2D eigenvalue weighted by molar-refractivity contribution is 5.85. The predicted molar refractivity (Wildman–Crippen MR) is 83.9 cm³/mol. The zero-order valence-electron chi connectivity index (χ0n) is 11.5. The number of nitrogens with zero attached hydrogens (tertiary/aromatic N) is 2. The van der Waals surface area contributed by atoms with Crippen molar-refractivity contribution in [1.29, 1.82) is 0 Å². The Hall–Kier alpha value is -2.48. The Bertz CT molecular complexity index is 743. The van der Waals surface area contributed by atoms with E-state index in [4.69, 9.17) is 0 Å². The molecule has 0 saturated carbocycles. The van der Waals surface area contributed by atoms with Gasteiger partial charge in [-0.15, -0.1) is 0 Å². The van der Waals surface area contributed by atoms with Gasteiger partial charge in [0.2, 0.25) is 0 Å². The van der Waals surface area contributed by atoms with E-state index in [9.17, 15) is 0 Å². The summed E-state index contributed by atoms with van der Waals surface area (Å²) >= 11 is 0. The van der Waals surface area contributed by atoms with Crippen molar-refractivity contribution in [2.45, 2.75) is 13.3 Å². The number of hydrogen-bond donors (Lipinski definition) is 0. The molecule has 0 saturated heterocycles. The summed E-state index contributed by atoms with van der Waals surface area (Å²) in [5.41, 5.74) is 3.08. The molecule has 3 aromatic rings. The highest BCUT2D eigenvalue weighted by Crippen LogP contribution is 2.23. The molecule has 98 valence electrons. The zero-order valence-corrected chi connectivity index (χ0v) is 11.5. The molecule has 0 heterocycles. The Balaban J connectivity index is 1.85. The molecule has 0 aliphatic heterocycles. The van der Waals surface area contributed by atoms with Crippen LogP contribution in [0, 0.1) is 0 Å². The standard InChI is InChI=1S/C18H16N2/c1-2-14-7-10-17(11-8-14)19-20-18-12-9-15-5-3-4-6-16(15)13-18/h3-13H,2H2,1H3. The Kier molecular flexibility index (Phi) is 3.55. The minimum Gasteiger partial charge on any atom is -0.151 e. The summed E-state index contributed by atoms with van der Waals surface area (Å²) < 4.78 is 0. The van der Waals surface area contributed by atoms with E-state index in [1.807, 2.05) is 30.3 Å². The van der Waals surface area contributed by atoms with Crippen molar-refractivity contribution in [3.63, 3.8) is 0 Å². The quantitative estimate of drug-likeness (QED) is 0.530. The number of azo groups is 1. The van der Waals surface area contributed by atoms with Crippen molar-refractivity contribution in [2.75, 3.05) is 0 Å². The lowest BCUT2D eigenvalue weighted by Crippen LogP contribution is -1.76. The Morgan fingerprint density at radius 1 is 0.700 bits per heavy atom. The fourth-order valence-corrected chi connectivity index (χ4v) is 2.15. The number of fused-ring (bicyclic) bond motifs is 1. The van der Waals surface area contributed by atoms with E-state index in [2.05, 4.69) is 53.6 Å². The molecule has 3 rings (SSSR count). The van der Waals surface area contributed by atoms with Crippen LogP contribution in [-0.4, -0.2) is 0 Å². The maximum atomic E-state index is 4.31. The van der Waals surface area contributed by atoms with E-state index in [0.717, 1.165) is 17.8 Å². The van der Waals surface area contributed by atoms with E-state index < -0.39 is 0 Å². The molecule has 20 heavy (non-hydrogen) atoms. The minimum absolute atomic E-state index is 0.878. The molecule has 0 radical (unpaired) electrons. The van der Waals surface area contributed by atoms with Gasteiger partial charge in [0.05, 0.1) is 11.4 Å². The van der Waals surface area contributed by atoms with E-state index in [-0.39, 0.29) is 0 Å². The summed E-state index contributed by atoms with van der Waals surface area (Å²) in [7, 11) is 0. The van der Waals surface area contributed by atoms with Gasteiger partial charge in [-0.1, -0.05) is 49.4 Å². The van der Waals surface area contributed by atoms with Gasteiger partial charge in [-0.05, 0) is 47.0 Å². The molecule has 0 aliphatic carbocycles. The number of benzene rings is 3. The molecule has 0 aromatic heterocycles. The van der Waals surface area contributed by atoms with Crippen molar-refractivity contribution in [3.05, 3.63) is 72.3 Å². The third-order valence-corrected chi connectivity index (χ3v) is 3.36. The van der Waals surface area contributed by atoms with Crippen molar-refractivity contribution in [1.82, 2.24) is 0 Å². The SMILES string of the molecule is CCc1ccc(N=Nc2ccc3ccccc3c2)cc1. The van der Waals surface area contributed by atoms with Gasteiger partial charge >= 0.3 is 0 Å². The molecule has 0 unspecified atom stereocenters. The predicted octanol–water partition coefficient (Wildman–Crippen LogP) is 5.82. The molecule has 0 spiro atoms. The molecule has 0 bridgehead atoms. The van der Waals surface area contributed by atoms with Gasteiger partial charge < -0.3 is 0 Å². The first-order chi connectivity index (χ1) is 9.85. The summed E-state index contributed by atoms with van der Waals surface area (Å²) in [6.07, 6.45) is 1.04. The molecule has 0 aliphatic rings. The van der Waals surface area contributed by atoms with E-state index in [0.29, 0.717) is 0 Å². The Morgan fingerprint density at radius 2 is 1.35 bits per heavy atom. The van der Waals surface area contributed by atoms with E-state index in [1.54, 1.807) is 0 Å². The second-order valence-corrected chi connectivity index (χ2v) is 4.75. The van der Waals surface area contributed by atoms with Gasteiger partial charge in [0.15, 0.2) is 0 Å². The zero-order chi connectivity index (χ0) is 13.8. The smallest absolute Gasteiger partial charge is 0.0863 e. The average Bonchev–Trinajstić information content (AvgIpc) is 2.53. The highest BCUT2D eigenvalue weighted by atomic mass is 15.1. The molecule has 0 amide bonds. The largest absolute Gasteiger partial charge is 0.151 e. The van der Waals surface area contributed by atoms with Crippen LogP contribution in [0.2, 0.25) is 0 Å². The molecule has 0 N–H and O–H groups in total. The summed E-state index contributed by atoms with van der Waals surface area (Å²) in [5.74, 6) is 0. The maximum Gasteiger partial charge on any atom is 0.0863 e. The number of rotatable bonds is 3. The van der Waals surface area contributed by atoms with Crippen LogP contribution in [0.25, 0.3) is 10.8 Å². The lowest BCUT2D eigenvalue weighted by atomic mass is 10.1. The van der Waals surface area contributed by atoms with Crippen LogP contribution >= 0.6 is 0 Å². The second kappa shape index (κ2) is 5.66. The highest BCUT2D eigenvalue weighted by Gasteiger charge is 1.95. The lowest BCUT2D eigenvalue weighted by Gasteiger charge is -1.99. The van der Waals surface area contributed by atoms with Crippen LogP contribution in [0.15, 0.2) is 77.0 Å². The van der Waals surface area contributed by atoms with Crippen molar-refractivity contribution in [2.24, 2.45) is 10.2 Å². The van der Waals surface area contributed by atoms with Crippen LogP contribution < -0.4 is 0 Å². The first-order valence-electron chi connectivity index (χ1n) is 6.84. The first-order valence-corrected chi connectivity index (χ1v) is 6.84. The van der Waals surface area contributed by atoms with E-state index >= 15 is 0 Å². The molecular weight excluding hydrogens is 244 g/mol. The summed E-state index contributed by atoms with van der Waals surface area (Å²) in [5, 5.41) is 11.0. The molecule has 0 fully saturated rings. The fourth-order valence-electron chi connectivity index (χ4n) is 2.15. The topological polar surface area (TPSA) is 24.7 Å². The summed E-state index contributed by atoms with van der Waals surface area (Å²) in [4.78, 5) is 0. The van der Waals surface area contributed by atoms with E-state index in [1.165, 1.54) is 16.3 Å². The van der Waals surface area contributed by atoms with Gasteiger partial charge in [-0.2, -0.15) is 10.2 Å². The fraction of sp³-hybridized carbons (Fsp3) is 0.111. The van der Waals surface area contributed by atoms with Crippen LogP contribution in [-0.2, 0) is 6.42 Å². The molecule has 2 heteroatoms. The van der Waals surface area contributed by atoms with Crippen molar-refractivity contribution in [3.8, 4) is 0 Å². The molecular formula is C18H16N2. The van der Waals surface area contributed by atoms with Crippen LogP contribution in [0.3, 0.4) is 0 Å². The van der Waals surface area contributed by atoms with Crippen LogP contribution in [0.1, 0.15) is 12.5 Å². The molecule has 0 atom stereocenters. The minimum atomic E-state index is 0.878. The lowest BCUT2D eigenvalue weighted by molar-refractivity contribution is 1.13. The van der Waals surface area contributed by atoms with Crippen LogP contribution in [0.5, 0.6) is 0 Å². The molecule has 3 aromatic carbocycles. The van der Waals surface area contributed by atoms with Crippen LogP contribution in [0.4, 0.5) is 11.4 Å². The number of hydrogen-bond acceptors (Lipinski definition) is 2. The second-order valence-electron chi connectivity index (χ2n) is 4.75. The van der Waals surface area contributed by atoms with Crippen molar-refractivity contribution >= 4 is 22.1 Å². The Morgan fingerprint density at radius 3 is 2.10 bits per heavy atom. The number of aryl methyl sites for hydroxylation is 1. The monoisotopic (exact) mass is 260 g/mol. The third kappa shape index (κ3) is 2.75. The van der Waals surface area contributed by atoms with Gasteiger partial charge in [0, 0.05) is 0 Å². The maximum absolute atomic E-state index is 4.31. The summed E-state index contributed by atoms with van der Waals surface area (Å²) in [6, 6.07) is 22.6. The van der Waals surface area contributed by atoms with Gasteiger partial charge in [0.1, 0.15) is 0 Å². The normalized spacial score (nSPS) is 11.2.